The number of benzene rings is 3. The number of nitrogens with one attached hydrogen (secondary N) is 2. The molecule has 0 saturated carbocycles. The highest BCUT2D eigenvalue weighted by atomic mass is 32.2. The summed E-state index contributed by atoms with van der Waals surface area (Å²) in [6.45, 7) is -0.579. The number of aromatic amines is 1. The molecular weight excluding hydrogens is 466 g/mol. The predicted molar refractivity (Wildman–Crippen MR) is 129 cm³/mol. The molecule has 0 aliphatic rings. The molecule has 0 saturated heterocycles. The third-order valence-corrected chi connectivity index (χ3v) is 5.66. The average molecular weight is 488 g/mol. The lowest BCUT2D eigenvalue weighted by Gasteiger charge is -2.08. The SMILES string of the molecule is O=C([O-])COc1ccccc1C=NNC(=O)CSc1n[nH]c(-c2ccccc2)[n+]1-c1ccccc1. The zero-order valence-electron chi connectivity index (χ0n) is 18.5. The summed E-state index contributed by atoms with van der Waals surface area (Å²) in [5, 5.41) is 22.7. The molecule has 10 heteroatoms. The smallest absolute Gasteiger partial charge is 0.342 e. The minimum absolute atomic E-state index is 0.0755. The first-order chi connectivity index (χ1) is 17.1. The van der Waals surface area contributed by atoms with Crippen molar-refractivity contribution in [1.82, 2.24) is 15.6 Å². The number of thioether (sulfide) groups is 1. The van der Waals surface area contributed by atoms with E-state index in [4.69, 9.17) is 4.74 Å². The first kappa shape index (κ1) is 23.7. The highest BCUT2D eigenvalue weighted by Gasteiger charge is 2.24. The van der Waals surface area contributed by atoms with E-state index in [2.05, 4.69) is 20.7 Å². The van der Waals surface area contributed by atoms with E-state index in [1.807, 2.05) is 65.2 Å². The van der Waals surface area contributed by atoms with Crippen LogP contribution in [0.1, 0.15) is 5.56 Å². The lowest BCUT2D eigenvalue weighted by atomic mass is 10.2. The van der Waals surface area contributed by atoms with Crippen molar-refractivity contribution in [2.45, 2.75) is 5.16 Å². The van der Waals surface area contributed by atoms with Crippen LogP contribution in [0.4, 0.5) is 0 Å². The van der Waals surface area contributed by atoms with E-state index < -0.39 is 12.6 Å². The van der Waals surface area contributed by atoms with Crippen molar-refractivity contribution in [3.05, 3.63) is 90.5 Å². The van der Waals surface area contributed by atoms with Crippen LogP contribution in [0.2, 0.25) is 0 Å². The summed E-state index contributed by atoms with van der Waals surface area (Å²) in [6.07, 6.45) is 1.39. The number of carboxylic acids is 1. The van der Waals surface area contributed by atoms with E-state index in [1.165, 1.54) is 18.0 Å². The van der Waals surface area contributed by atoms with Crippen molar-refractivity contribution in [2.24, 2.45) is 5.10 Å². The molecule has 0 fully saturated rings. The zero-order valence-corrected chi connectivity index (χ0v) is 19.3. The van der Waals surface area contributed by atoms with Crippen molar-refractivity contribution in [3.8, 4) is 22.8 Å². The number of H-pyrrole nitrogens is 1. The topological polar surface area (TPSA) is 123 Å². The van der Waals surface area contributed by atoms with Gasteiger partial charge in [-0.05, 0) is 48.2 Å². The summed E-state index contributed by atoms with van der Waals surface area (Å²) in [5.41, 5.74) is 4.86. The first-order valence-corrected chi connectivity index (χ1v) is 11.6. The highest BCUT2D eigenvalue weighted by Crippen LogP contribution is 2.20. The van der Waals surface area contributed by atoms with Crippen LogP contribution in [0.15, 0.2) is 95.2 Å². The largest absolute Gasteiger partial charge is 0.546 e. The van der Waals surface area contributed by atoms with Crippen molar-refractivity contribution in [3.63, 3.8) is 0 Å². The fraction of sp³-hybridized carbons (Fsp3) is 0.0800. The fourth-order valence-electron chi connectivity index (χ4n) is 3.19. The van der Waals surface area contributed by atoms with Gasteiger partial charge >= 0.3 is 5.16 Å². The molecule has 0 spiro atoms. The number of aliphatic carboxylic acids is 1. The van der Waals surface area contributed by atoms with E-state index in [-0.39, 0.29) is 11.7 Å². The first-order valence-electron chi connectivity index (χ1n) is 10.6. The lowest BCUT2D eigenvalue weighted by molar-refractivity contribution is -0.625. The lowest BCUT2D eigenvalue weighted by Crippen LogP contribution is -2.34. The van der Waals surface area contributed by atoms with E-state index in [0.717, 1.165) is 17.1 Å². The number of carbonyl (C=O) groups is 2. The van der Waals surface area contributed by atoms with Gasteiger partial charge < -0.3 is 14.6 Å². The van der Waals surface area contributed by atoms with Crippen molar-refractivity contribution >= 4 is 29.9 Å². The van der Waals surface area contributed by atoms with E-state index >= 15 is 0 Å². The molecule has 0 unspecified atom stereocenters. The molecule has 2 N–H and O–H groups in total. The standard InChI is InChI=1S/C25H21N5O4S/c31-22(27-26-15-19-11-7-8-14-21(19)34-16-23(32)33)17-35-25-29-28-24(18-9-3-1-4-10-18)30(25)20-12-5-2-6-13-20/h1-15H,16-17H2,(H2,27,31,32,33). The predicted octanol–water partition coefficient (Wildman–Crippen LogP) is 1.72. The number of hydrogen-bond acceptors (Lipinski definition) is 7. The normalized spacial score (nSPS) is 10.9. The molecule has 4 aromatic rings. The molecule has 9 nitrogen and oxygen atoms in total. The van der Waals surface area contributed by atoms with Crippen LogP contribution in [0.3, 0.4) is 0 Å². The Morgan fingerprint density at radius 1 is 1.03 bits per heavy atom. The molecule has 0 aliphatic heterocycles. The minimum atomic E-state index is -1.33. The van der Waals surface area contributed by atoms with Gasteiger partial charge in [-0.25, -0.2) is 5.43 Å². The summed E-state index contributed by atoms with van der Waals surface area (Å²) < 4.78 is 7.13. The van der Waals surface area contributed by atoms with Crippen LogP contribution in [-0.2, 0) is 9.59 Å². The van der Waals surface area contributed by atoms with Gasteiger partial charge in [0.2, 0.25) is 0 Å². The molecule has 1 aromatic heterocycles. The van der Waals surface area contributed by atoms with Gasteiger partial charge in [-0.15, -0.1) is 5.10 Å². The van der Waals surface area contributed by atoms with Gasteiger partial charge in [0.05, 0.1) is 28.6 Å². The fourth-order valence-corrected chi connectivity index (χ4v) is 3.95. The van der Waals surface area contributed by atoms with E-state index in [9.17, 15) is 14.7 Å². The quantitative estimate of drug-likeness (QED) is 0.152. The van der Waals surface area contributed by atoms with E-state index in [1.54, 1.807) is 24.3 Å². The van der Waals surface area contributed by atoms with Crippen LogP contribution >= 0.6 is 11.8 Å². The van der Waals surface area contributed by atoms with Crippen LogP contribution in [-0.4, -0.2) is 40.6 Å². The van der Waals surface area contributed by atoms with Gasteiger partial charge in [0, 0.05) is 5.56 Å². The van der Waals surface area contributed by atoms with Crippen molar-refractivity contribution in [2.75, 3.05) is 12.4 Å². The Balaban J connectivity index is 1.44. The van der Waals surface area contributed by atoms with Gasteiger partial charge in [-0.1, -0.05) is 48.5 Å². The number of hydrazone groups is 1. The number of ether oxygens (including phenoxy) is 1. The average Bonchev–Trinajstić information content (AvgIpc) is 3.32. The third kappa shape index (κ3) is 6.33. The molecule has 0 atom stereocenters. The van der Waals surface area contributed by atoms with Crippen molar-refractivity contribution < 1.29 is 24.0 Å². The number of carbonyl (C=O) groups excluding carboxylic acids is 2. The number of para-hydroxylation sites is 2. The summed E-state index contributed by atoms with van der Waals surface area (Å²) in [7, 11) is 0. The Morgan fingerprint density at radius 3 is 2.46 bits per heavy atom. The molecule has 35 heavy (non-hydrogen) atoms. The Labute approximate surface area is 205 Å². The van der Waals surface area contributed by atoms with Gasteiger partial charge in [0.15, 0.2) is 0 Å². The number of amides is 1. The van der Waals surface area contributed by atoms with Crippen molar-refractivity contribution in [1.29, 1.82) is 0 Å². The molecule has 0 bridgehead atoms. The molecular formula is C25H21N5O4S. The van der Waals surface area contributed by atoms with Gasteiger partial charge in [-0.2, -0.15) is 9.67 Å². The molecule has 0 aliphatic carbocycles. The van der Waals surface area contributed by atoms with Gasteiger partial charge in [0.1, 0.15) is 18.0 Å². The van der Waals surface area contributed by atoms with Crippen LogP contribution < -0.4 is 19.8 Å². The summed E-state index contributed by atoms with van der Waals surface area (Å²) in [6, 6.07) is 26.3. The summed E-state index contributed by atoms with van der Waals surface area (Å²) in [4.78, 5) is 23.1. The summed E-state index contributed by atoms with van der Waals surface area (Å²) in [5.74, 6) is -0.470. The van der Waals surface area contributed by atoms with Crippen LogP contribution in [0, 0.1) is 0 Å². The summed E-state index contributed by atoms with van der Waals surface area (Å²) >= 11 is 1.26. The second-order valence-corrected chi connectivity index (χ2v) is 8.11. The Hall–Kier alpha value is -4.44. The second-order valence-electron chi connectivity index (χ2n) is 7.17. The maximum atomic E-state index is 12.4. The Bertz CT molecular complexity index is 1330. The third-order valence-electron chi connectivity index (χ3n) is 4.72. The number of nitrogens with zero attached hydrogens (tertiary/aromatic N) is 3. The Morgan fingerprint density at radius 2 is 1.71 bits per heavy atom. The van der Waals surface area contributed by atoms with Gasteiger partial charge in [0.25, 0.3) is 11.7 Å². The van der Waals surface area contributed by atoms with Crippen LogP contribution in [0.25, 0.3) is 17.1 Å². The number of carboxylic acid groups (broad SMARTS) is 1. The monoisotopic (exact) mass is 487 g/mol. The minimum Gasteiger partial charge on any atom is -0.546 e. The zero-order chi connectivity index (χ0) is 24.5. The maximum absolute atomic E-state index is 12.4. The molecule has 0 radical (unpaired) electrons. The number of aromatic nitrogens is 3. The molecule has 1 amide bonds. The maximum Gasteiger partial charge on any atom is 0.342 e. The van der Waals surface area contributed by atoms with Gasteiger partial charge in [-0.3, -0.25) is 4.79 Å². The van der Waals surface area contributed by atoms with Crippen LogP contribution in [0.5, 0.6) is 5.75 Å². The molecule has 176 valence electrons. The second kappa shape index (κ2) is 11.6. The van der Waals surface area contributed by atoms with E-state index in [0.29, 0.717) is 16.5 Å². The number of hydrogen-bond donors (Lipinski definition) is 2. The molecule has 4 rings (SSSR count). The molecule has 3 aromatic carbocycles. The highest BCUT2D eigenvalue weighted by molar-refractivity contribution is 7.99. The molecule has 1 heterocycles. The Kier molecular flexibility index (Phi) is 7.87. The number of rotatable bonds is 10.